The first kappa shape index (κ1) is 19.4. The molecule has 0 atom stereocenters. The predicted molar refractivity (Wildman–Crippen MR) is 98.4 cm³/mol. The lowest BCUT2D eigenvalue weighted by atomic mass is 10.2. The molecule has 3 rings (SSSR count). The standard InChI is InChI=1S/C19H22N4O5/c1-11-15(12(2)27-22-11)10-26-16-6-5-14(9-17(16)25-4)19(24)20-8-7-18-21-13(3)23-28-18/h5-6,9H,7-8,10H2,1-4H3,(H,20,24). The number of benzene rings is 1. The van der Waals surface area contributed by atoms with Gasteiger partial charge in [0.05, 0.1) is 18.4 Å². The third-order valence-electron chi connectivity index (χ3n) is 4.17. The number of nitrogens with zero attached hydrogens (tertiary/aromatic N) is 3. The smallest absolute Gasteiger partial charge is 0.251 e. The minimum absolute atomic E-state index is 0.230. The van der Waals surface area contributed by atoms with Gasteiger partial charge in [0, 0.05) is 18.5 Å². The van der Waals surface area contributed by atoms with Crippen molar-refractivity contribution in [3.63, 3.8) is 0 Å². The number of aromatic nitrogens is 3. The summed E-state index contributed by atoms with van der Waals surface area (Å²) in [4.78, 5) is 16.5. The van der Waals surface area contributed by atoms with Gasteiger partial charge in [-0.2, -0.15) is 4.98 Å². The van der Waals surface area contributed by atoms with Crippen molar-refractivity contribution in [3.05, 3.63) is 52.5 Å². The molecule has 0 unspecified atom stereocenters. The van der Waals surface area contributed by atoms with Crippen LogP contribution in [0.1, 0.15) is 39.1 Å². The molecular weight excluding hydrogens is 364 g/mol. The maximum Gasteiger partial charge on any atom is 0.251 e. The predicted octanol–water partition coefficient (Wildman–Crippen LogP) is 2.54. The molecule has 28 heavy (non-hydrogen) atoms. The number of carbonyl (C=O) groups excluding carboxylic acids is 1. The number of hydrogen-bond acceptors (Lipinski definition) is 8. The van der Waals surface area contributed by atoms with Crippen LogP contribution < -0.4 is 14.8 Å². The van der Waals surface area contributed by atoms with E-state index in [0.29, 0.717) is 54.1 Å². The maximum atomic E-state index is 12.4. The number of hydrogen-bond donors (Lipinski definition) is 1. The van der Waals surface area contributed by atoms with E-state index in [1.165, 1.54) is 7.11 Å². The largest absolute Gasteiger partial charge is 0.493 e. The van der Waals surface area contributed by atoms with Crippen molar-refractivity contribution in [2.75, 3.05) is 13.7 Å². The van der Waals surface area contributed by atoms with Crippen LogP contribution in [-0.2, 0) is 13.0 Å². The van der Waals surface area contributed by atoms with Crippen LogP contribution >= 0.6 is 0 Å². The second-order valence-corrected chi connectivity index (χ2v) is 6.20. The molecule has 0 saturated heterocycles. The highest BCUT2D eigenvalue weighted by molar-refractivity contribution is 5.94. The molecule has 1 amide bonds. The third-order valence-corrected chi connectivity index (χ3v) is 4.17. The number of aryl methyl sites for hydroxylation is 3. The molecule has 0 radical (unpaired) electrons. The summed E-state index contributed by atoms with van der Waals surface area (Å²) in [6.07, 6.45) is 0.461. The van der Waals surface area contributed by atoms with Crippen LogP contribution in [0.15, 0.2) is 27.2 Å². The molecule has 2 heterocycles. The summed E-state index contributed by atoms with van der Waals surface area (Å²) >= 11 is 0. The lowest BCUT2D eigenvalue weighted by Gasteiger charge is -2.12. The number of amides is 1. The molecule has 0 fully saturated rings. The van der Waals surface area contributed by atoms with E-state index in [1.54, 1.807) is 25.1 Å². The molecule has 0 aliphatic carbocycles. The monoisotopic (exact) mass is 386 g/mol. The Balaban J connectivity index is 1.60. The minimum atomic E-state index is -0.230. The van der Waals surface area contributed by atoms with Crippen molar-refractivity contribution in [1.29, 1.82) is 0 Å². The highest BCUT2D eigenvalue weighted by Gasteiger charge is 2.14. The summed E-state index contributed by atoms with van der Waals surface area (Å²) in [5.41, 5.74) is 2.13. The number of methoxy groups -OCH3 is 1. The second-order valence-electron chi connectivity index (χ2n) is 6.20. The molecule has 0 bridgehead atoms. The Morgan fingerprint density at radius 3 is 2.61 bits per heavy atom. The van der Waals surface area contributed by atoms with Gasteiger partial charge in [-0.3, -0.25) is 4.79 Å². The van der Waals surface area contributed by atoms with Gasteiger partial charge in [-0.15, -0.1) is 0 Å². The van der Waals surface area contributed by atoms with Crippen molar-refractivity contribution >= 4 is 5.91 Å². The summed E-state index contributed by atoms with van der Waals surface area (Å²) in [5, 5.41) is 10.4. The highest BCUT2D eigenvalue weighted by atomic mass is 16.5. The molecule has 2 aromatic heterocycles. The molecule has 9 nitrogen and oxygen atoms in total. The van der Waals surface area contributed by atoms with E-state index in [4.69, 9.17) is 18.5 Å². The number of carbonyl (C=O) groups is 1. The van der Waals surface area contributed by atoms with Gasteiger partial charge in [-0.05, 0) is 39.0 Å². The van der Waals surface area contributed by atoms with Crippen LogP contribution in [0.5, 0.6) is 11.5 Å². The van der Waals surface area contributed by atoms with E-state index >= 15 is 0 Å². The fourth-order valence-electron chi connectivity index (χ4n) is 2.61. The van der Waals surface area contributed by atoms with Crippen molar-refractivity contribution in [2.24, 2.45) is 0 Å². The molecule has 0 aliphatic rings. The summed E-state index contributed by atoms with van der Waals surface area (Å²) < 4.78 is 21.3. The quantitative estimate of drug-likeness (QED) is 0.628. The van der Waals surface area contributed by atoms with Gasteiger partial charge >= 0.3 is 0 Å². The number of ether oxygens (including phenoxy) is 2. The van der Waals surface area contributed by atoms with Crippen LogP contribution in [0.25, 0.3) is 0 Å². The van der Waals surface area contributed by atoms with Crippen LogP contribution in [0.3, 0.4) is 0 Å². The maximum absolute atomic E-state index is 12.4. The van der Waals surface area contributed by atoms with Crippen molar-refractivity contribution < 1.29 is 23.3 Å². The number of nitrogens with one attached hydrogen (secondary N) is 1. The van der Waals surface area contributed by atoms with E-state index < -0.39 is 0 Å². The minimum Gasteiger partial charge on any atom is -0.493 e. The molecule has 0 saturated carbocycles. The zero-order chi connectivity index (χ0) is 20.1. The SMILES string of the molecule is COc1cc(C(=O)NCCc2nc(C)no2)ccc1OCc1c(C)noc1C. The first-order valence-electron chi connectivity index (χ1n) is 8.78. The Kier molecular flexibility index (Phi) is 5.93. The van der Waals surface area contributed by atoms with Gasteiger partial charge in [0.15, 0.2) is 17.3 Å². The van der Waals surface area contributed by atoms with Gasteiger partial charge in [0.25, 0.3) is 5.91 Å². The Bertz CT molecular complexity index is 944. The van der Waals surface area contributed by atoms with E-state index in [0.717, 1.165) is 11.3 Å². The Morgan fingerprint density at radius 1 is 1.14 bits per heavy atom. The van der Waals surface area contributed by atoms with Crippen LogP contribution in [-0.4, -0.2) is 34.9 Å². The summed E-state index contributed by atoms with van der Waals surface area (Å²) in [5.74, 6) is 2.53. The van der Waals surface area contributed by atoms with Gasteiger partial charge in [0.2, 0.25) is 5.89 Å². The third kappa shape index (κ3) is 4.48. The first-order chi connectivity index (χ1) is 13.5. The number of rotatable bonds is 8. The van der Waals surface area contributed by atoms with Crippen molar-refractivity contribution in [1.82, 2.24) is 20.6 Å². The zero-order valence-electron chi connectivity index (χ0n) is 16.2. The van der Waals surface area contributed by atoms with Crippen molar-refractivity contribution in [3.8, 4) is 11.5 Å². The highest BCUT2D eigenvalue weighted by Crippen LogP contribution is 2.29. The molecule has 1 aromatic carbocycles. The molecular formula is C19H22N4O5. The summed E-state index contributed by atoms with van der Waals surface area (Å²) in [6.45, 7) is 6.11. The fourth-order valence-corrected chi connectivity index (χ4v) is 2.61. The zero-order valence-corrected chi connectivity index (χ0v) is 16.2. The van der Waals surface area contributed by atoms with E-state index in [9.17, 15) is 4.79 Å². The first-order valence-corrected chi connectivity index (χ1v) is 8.78. The van der Waals surface area contributed by atoms with Gasteiger partial charge in [-0.1, -0.05) is 10.3 Å². The lowest BCUT2D eigenvalue weighted by Crippen LogP contribution is -2.25. The molecule has 1 N–H and O–H groups in total. The Hall–Kier alpha value is -3.36. The summed E-state index contributed by atoms with van der Waals surface area (Å²) in [7, 11) is 1.53. The van der Waals surface area contributed by atoms with Crippen LogP contribution in [0.4, 0.5) is 0 Å². The molecule has 0 spiro atoms. The Labute approximate surface area is 162 Å². The van der Waals surface area contributed by atoms with Gasteiger partial charge < -0.3 is 23.8 Å². The molecule has 3 aromatic rings. The van der Waals surface area contributed by atoms with Crippen LogP contribution in [0, 0.1) is 20.8 Å². The molecule has 0 aliphatic heterocycles. The normalized spacial score (nSPS) is 10.7. The van der Waals surface area contributed by atoms with Gasteiger partial charge in [-0.25, -0.2) is 0 Å². The second kappa shape index (κ2) is 8.55. The van der Waals surface area contributed by atoms with E-state index in [-0.39, 0.29) is 5.91 Å². The topological polar surface area (TPSA) is 113 Å². The average molecular weight is 386 g/mol. The van der Waals surface area contributed by atoms with Crippen molar-refractivity contribution in [2.45, 2.75) is 33.8 Å². The van der Waals surface area contributed by atoms with Crippen LogP contribution in [0.2, 0.25) is 0 Å². The molecule has 148 valence electrons. The lowest BCUT2D eigenvalue weighted by molar-refractivity contribution is 0.0953. The average Bonchev–Trinajstić information content (AvgIpc) is 3.25. The fraction of sp³-hybridized carbons (Fsp3) is 0.368. The van der Waals surface area contributed by atoms with E-state index in [2.05, 4.69) is 20.6 Å². The van der Waals surface area contributed by atoms with E-state index in [1.807, 2.05) is 13.8 Å². The Morgan fingerprint density at radius 2 is 1.96 bits per heavy atom. The molecule has 9 heteroatoms. The van der Waals surface area contributed by atoms with Gasteiger partial charge in [0.1, 0.15) is 12.4 Å². The summed E-state index contributed by atoms with van der Waals surface area (Å²) in [6, 6.07) is 5.01.